The van der Waals surface area contributed by atoms with Gasteiger partial charge in [-0.05, 0) is 31.4 Å². The van der Waals surface area contributed by atoms with Gasteiger partial charge in [0.1, 0.15) is 0 Å². The number of aromatic nitrogens is 2. The molecule has 3 rings (SSSR count). The van der Waals surface area contributed by atoms with Gasteiger partial charge in [0.05, 0.1) is 11.0 Å². The Hall–Kier alpha value is -2.08. The summed E-state index contributed by atoms with van der Waals surface area (Å²) in [5, 5.41) is 0. The minimum atomic E-state index is -0.0253. The van der Waals surface area contributed by atoms with Crippen LogP contribution in [0.15, 0.2) is 29.1 Å². The predicted octanol–water partition coefficient (Wildman–Crippen LogP) is 1.55. The second-order valence-corrected chi connectivity index (χ2v) is 6.44. The molecular formula is C18H26N4O2. The van der Waals surface area contributed by atoms with Crippen molar-refractivity contribution in [3.63, 3.8) is 0 Å². The molecule has 0 bridgehead atoms. The van der Waals surface area contributed by atoms with Gasteiger partial charge in [-0.3, -0.25) is 13.9 Å². The van der Waals surface area contributed by atoms with Gasteiger partial charge >= 0.3 is 5.69 Å². The summed E-state index contributed by atoms with van der Waals surface area (Å²) < 4.78 is 3.54. The van der Waals surface area contributed by atoms with Crippen LogP contribution >= 0.6 is 0 Å². The highest BCUT2D eigenvalue weighted by Gasteiger charge is 2.27. The average molecular weight is 330 g/mol. The molecule has 1 saturated heterocycles. The number of hydrogen-bond donors (Lipinski definition) is 1. The van der Waals surface area contributed by atoms with Crippen LogP contribution in [0.5, 0.6) is 0 Å². The van der Waals surface area contributed by atoms with E-state index < -0.39 is 0 Å². The number of carbonyl (C=O) groups excluding carboxylic acids is 1. The number of benzene rings is 1. The summed E-state index contributed by atoms with van der Waals surface area (Å²) in [6.07, 6.45) is 3.25. The van der Waals surface area contributed by atoms with E-state index in [1.165, 1.54) is 0 Å². The van der Waals surface area contributed by atoms with Crippen molar-refractivity contribution < 1.29 is 4.79 Å². The Morgan fingerprint density at radius 2 is 1.88 bits per heavy atom. The highest BCUT2D eigenvalue weighted by molar-refractivity contribution is 5.78. The molecule has 6 nitrogen and oxygen atoms in total. The van der Waals surface area contributed by atoms with E-state index in [9.17, 15) is 9.59 Å². The summed E-state index contributed by atoms with van der Waals surface area (Å²) in [5.41, 5.74) is 7.57. The summed E-state index contributed by atoms with van der Waals surface area (Å²) in [7, 11) is 0. The van der Waals surface area contributed by atoms with E-state index in [0.29, 0.717) is 26.1 Å². The van der Waals surface area contributed by atoms with E-state index in [1.54, 1.807) is 9.13 Å². The highest BCUT2D eigenvalue weighted by atomic mass is 16.2. The average Bonchev–Trinajstić information content (AvgIpc) is 3.17. The molecule has 0 aliphatic carbocycles. The van der Waals surface area contributed by atoms with Crippen molar-refractivity contribution in [3.05, 3.63) is 34.7 Å². The molecule has 1 atom stereocenters. The number of aryl methyl sites for hydroxylation is 2. The predicted molar refractivity (Wildman–Crippen MR) is 94.9 cm³/mol. The van der Waals surface area contributed by atoms with Crippen LogP contribution in [-0.2, 0) is 17.9 Å². The van der Waals surface area contributed by atoms with E-state index in [4.69, 9.17) is 5.73 Å². The fourth-order valence-corrected chi connectivity index (χ4v) is 3.69. The molecule has 130 valence electrons. The van der Waals surface area contributed by atoms with Crippen LogP contribution in [0, 0.1) is 0 Å². The van der Waals surface area contributed by atoms with E-state index >= 15 is 0 Å². The van der Waals surface area contributed by atoms with Crippen LogP contribution in [0.25, 0.3) is 11.0 Å². The van der Waals surface area contributed by atoms with Crippen molar-refractivity contribution in [2.24, 2.45) is 5.73 Å². The normalized spacial score (nSPS) is 17.8. The molecule has 0 spiro atoms. The first kappa shape index (κ1) is 16.8. The number of amides is 1. The molecular weight excluding hydrogens is 304 g/mol. The van der Waals surface area contributed by atoms with Crippen LogP contribution < -0.4 is 11.4 Å². The Morgan fingerprint density at radius 1 is 1.21 bits per heavy atom. The van der Waals surface area contributed by atoms with E-state index in [0.717, 1.165) is 36.8 Å². The lowest BCUT2D eigenvalue weighted by molar-refractivity contribution is -0.132. The molecule has 0 radical (unpaired) electrons. The summed E-state index contributed by atoms with van der Waals surface area (Å²) in [5.74, 6) is 0.0992. The maximum absolute atomic E-state index is 12.7. The van der Waals surface area contributed by atoms with Crippen molar-refractivity contribution in [3.8, 4) is 0 Å². The third-order valence-corrected chi connectivity index (χ3v) is 4.89. The first-order valence-electron chi connectivity index (χ1n) is 8.85. The highest BCUT2D eigenvalue weighted by Crippen LogP contribution is 2.18. The van der Waals surface area contributed by atoms with Gasteiger partial charge in [-0.2, -0.15) is 0 Å². The second kappa shape index (κ2) is 7.21. The fourth-order valence-electron chi connectivity index (χ4n) is 3.69. The molecule has 0 saturated carbocycles. The number of rotatable bonds is 6. The maximum Gasteiger partial charge on any atom is 0.329 e. The van der Waals surface area contributed by atoms with E-state index in [2.05, 4.69) is 6.92 Å². The minimum Gasteiger partial charge on any atom is -0.338 e. The molecule has 1 aromatic heterocycles. The van der Waals surface area contributed by atoms with Crippen LogP contribution in [0.4, 0.5) is 0 Å². The van der Waals surface area contributed by atoms with Gasteiger partial charge in [-0.15, -0.1) is 0 Å². The maximum atomic E-state index is 12.7. The molecule has 1 aliphatic heterocycles. The van der Waals surface area contributed by atoms with Crippen LogP contribution in [-0.4, -0.2) is 39.1 Å². The summed E-state index contributed by atoms with van der Waals surface area (Å²) in [6, 6.07) is 7.96. The van der Waals surface area contributed by atoms with Crippen molar-refractivity contribution in [1.29, 1.82) is 0 Å². The number of hydrogen-bond acceptors (Lipinski definition) is 3. The van der Waals surface area contributed by atoms with E-state index in [1.807, 2.05) is 29.2 Å². The lowest BCUT2D eigenvalue weighted by Gasteiger charge is -2.23. The molecule has 1 aromatic carbocycles. The number of likely N-dealkylation sites (tertiary alicyclic amines) is 1. The number of carbonyl (C=O) groups is 1. The summed E-state index contributed by atoms with van der Waals surface area (Å²) >= 11 is 0. The second-order valence-electron chi connectivity index (χ2n) is 6.44. The fraction of sp³-hybridized carbons (Fsp3) is 0.556. The standard InChI is InChI=1S/C18H26N4O2/c1-2-10-21-15-7-3-4-8-16(15)22(18(21)24)12-9-17(23)20-11-5-6-14(20)13-19/h3-4,7-8,14H,2,5-6,9-13,19H2,1H3. The van der Waals surface area contributed by atoms with Gasteiger partial charge in [0, 0.05) is 38.6 Å². The third kappa shape index (κ3) is 2.98. The molecule has 1 aliphatic rings. The first-order valence-corrected chi connectivity index (χ1v) is 8.85. The molecule has 2 aromatic rings. The Morgan fingerprint density at radius 3 is 2.50 bits per heavy atom. The van der Waals surface area contributed by atoms with Crippen LogP contribution in [0.3, 0.4) is 0 Å². The van der Waals surface area contributed by atoms with Crippen molar-refractivity contribution >= 4 is 16.9 Å². The Bertz CT molecular complexity index is 777. The Kier molecular flexibility index (Phi) is 5.04. The Balaban J connectivity index is 1.81. The van der Waals surface area contributed by atoms with Gasteiger partial charge in [-0.1, -0.05) is 19.1 Å². The lowest BCUT2D eigenvalue weighted by Crippen LogP contribution is -2.40. The summed E-state index contributed by atoms with van der Waals surface area (Å²) in [6.45, 7) is 4.47. The summed E-state index contributed by atoms with van der Waals surface area (Å²) in [4.78, 5) is 27.1. The molecule has 24 heavy (non-hydrogen) atoms. The smallest absolute Gasteiger partial charge is 0.329 e. The largest absolute Gasteiger partial charge is 0.338 e. The monoisotopic (exact) mass is 330 g/mol. The van der Waals surface area contributed by atoms with Gasteiger partial charge in [-0.25, -0.2) is 4.79 Å². The van der Waals surface area contributed by atoms with Gasteiger partial charge in [0.15, 0.2) is 0 Å². The topological polar surface area (TPSA) is 73.3 Å². The number of para-hydroxylation sites is 2. The van der Waals surface area contributed by atoms with E-state index in [-0.39, 0.29) is 17.6 Å². The number of nitrogens with zero attached hydrogens (tertiary/aromatic N) is 3. The molecule has 6 heteroatoms. The SMILES string of the molecule is CCCn1c(=O)n(CCC(=O)N2CCCC2CN)c2ccccc21. The van der Waals surface area contributed by atoms with Crippen molar-refractivity contribution in [2.75, 3.05) is 13.1 Å². The number of nitrogens with two attached hydrogens (primary N) is 1. The zero-order valence-corrected chi connectivity index (χ0v) is 14.3. The molecule has 2 heterocycles. The van der Waals surface area contributed by atoms with Crippen molar-refractivity contribution in [2.45, 2.75) is 51.7 Å². The third-order valence-electron chi connectivity index (χ3n) is 4.89. The van der Waals surface area contributed by atoms with Gasteiger partial charge in [0.2, 0.25) is 5.91 Å². The zero-order valence-electron chi connectivity index (χ0n) is 14.3. The number of imidazole rings is 1. The molecule has 2 N–H and O–H groups in total. The molecule has 1 amide bonds. The van der Waals surface area contributed by atoms with Gasteiger partial charge in [0.25, 0.3) is 0 Å². The lowest BCUT2D eigenvalue weighted by atomic mass is 10.2. The molecule has 1 unspecified atom stereocenters. The Labute approximate surface area is 141 Å². The zero-order chi connectivity index (χ0) is 17.1. The number of fused-ring (bicyclic) bond motifs is 1. The molecule has 1 fully saturated rings. The van der Waals surface area contributed by atoms with Crippen LogP contribution in [0.2, 0.25) is 0 Å². The quantitative estimate of drug-likeness (QED) is 0.873. The first-order chi connectivity index (χ1) is 11.7. The van der Waals surface area contributed by atoms with Gasteiger partial charge < -0.3 is 10.6 Å². The van der Waals surface area contributed by atoms with Crippen molar-refractivity contribution in [1.82, 2.24) is 14.0 Å². The van der Waals surface area contributed by atoms with Crippen LogP contribution in [0.1, 0.15) is 32.6 Å². The minimum absolute atomic E-state index is 0.0253.